The van der Waals surface area contributed by atoms with Gasteiger partial charge in [0.15, 0.2) is 0 Å². The molecule has 70 valence electrons. The Hall–Kier alpha value is -1.16. The Kier molecular flexibility index (Phi) is 3.19. The summed E-state index contributed by atoms with van der Waals surface area (Å²) >= 11 is 5.39. The standard InChI is InChI=1S/C8H6ClF2NO/c9-5-1-7(10)6(3-12-4-13)8(11)2-5/h1-2,4H,3H2,(H,12,13). The molecule has 0 saturated carbocycles. The predicted octanol–water partition coefficient (Wildman–Crippen LogP) is 1.86. The lowest BCUT2D eigenvalue weighted by molar-refractivity contribution is -0.109. The predicted molar refractivity (Wildman–Crippen MR) is 44.3 cm³/mol. The minimum atomic E-state index is -0.764. The summed E-state index contributed by atoms with van der Waals surface area (Å²) in [6, 6.07) is 1.99. The van der Waals surface area contributed by atoms with Crippen LogP contribution in [0.4, 0.5) is 8.78 Å². The normalized spacial score (nSPS) is 9.77. The molecule has 1 aromatic rings. The lowest BCUT2D eigenvalue weighted by Crippen LogP contribution is -2.12. The van der Waals surface area contributed by atoms with Crippen molar-refractivity contribution in [2.45, 2.75) is 6.54 Å². The Morgan fingerprint density at radius 1 is 1.38 bits per heavy atom. The molecule has 0 fully saturated rings. The van der Waals surface area contributed by atoms with Gasteiger partial charge in [-0.1, -0.05) is 11.6 Å². The quantitative estimate of drug-likeness (QED) is 0.750. The van der Waals surface area contributed by atoms with Crippen molar-refractivity contribution in [3.05, 3.63) is 34.4 Å². The van der Waals surface area contributed by atoms with Gasteiger partial charge in [-0.3, -0.25) is 4.79 Å². The van der Waals surface area contributed by atoms with Gasteiger partial charge in [-0.15, -0.1) is 0 Å². The van der Waals surface area contributed by atoms with Crippen molar-refractivity contribution < 1.29 is 13.6 Å². The van der Waals surface area contributed by atoms with E-state index in [4.69, 9.17) is 11.6 Å². The van der Waals surface area contributed by atoms with Crippen molar-refractivity contribution in [1.29, 1.82) is 0 Å². The first kappa shape index (κ1) is 9.92. The van der Waals surface area contributed by atoms with E-state index in [1.54, 1.807) is 0 Å². The van der Waals surface area contributed by atoms with Gasteiger partial charge in [0.05, 0.1) is 0 Å². The third-order valence-electron chi connectivity index (χ3n) is 1.47. The van der Waals surface area contributed by atoms with Crippen molar-refractivity contribution in [2.24, 2.45) is 0 Å². The molecule has 1 rings (SSSR count). The van der Waals surface area contributed by atoms with E-state index in [9.17, 15) is 13.6 Å². The number of rotatable bonds is 3. The average Bonchev–Trinajstić information content (AvgIpc) is 2.02. The fourth-order valence-corrected chi connectivity index (χ4v) is 1.08. The lowest BCUT2D eigenvalue weighted by Gasteiger charge is -2.03. The summed E-state index contributed by atoms with van der Waals surface area (Å²) in [5, 5.41) is 2.15. The van der Waals surface area contributed by atoms with Gasteiger partial charge in [0.1, 0.15) is 11.6 Å². The molecule has 0 bridgehead atoms. The first-order chi connectivity index (χ1) is 6.15. The maximum atomic E-state index is 13.0. The number of carbonyl (C=O) groups is 1. The van der Waals surface area contributed by atoms with Crippen LogP contribution in [0.1, 0.15) is 5.56 Å². The molecule has 0 heterocycles. The van der Waals surface area contributed by atoms with Gasteiger partial charge in [0.2, 0.25) is 6.41 Å². The van der Waals surface area contributed by atoms with E-state index >= 15 is 0 Å². The van der Waals surface area contributed by atoms with E-state index in [0.29, 0.717) is 6.41 Å². The third-order valence-corrected chi connectivity index (χ3v) is 1.69. The fourth-order valence-electron chi connectivity index (χ4n) is 0.885. The van der Waals surface area contributed by atoms with Gasteiger partial charge in [-0.25, -0.2) is 8.78 Å². The smallest absolute Gasteiger partial charge is 0.207 e. The largest absolute Gasteiger partial charge is 0.354 e. The Bertz CT molecular complexity index is 307. The van der Waals surface area contributed by atoms with Gasteiger partial charge >= 0.3 is 0 Å². The van der Waals surface area contributed by atoms with Gasteiger partial charge in [-0.2, -0.15) is 0 Å². The lowest BCUT2D eigenvalue weighted by atomic mass is 10.2. The second-order valence-corrected chi connectivity index (χ2v) is 2.78. The molecule has 1 N–H and O–H groups in total. The second kappa shape index (κ2) is 4.18. The summed E-state index contributed by atoms with van der Waals surface area (Å²) in [7, 11) is 0. The molecule has 1 amide bonds. The Balaban J connectivity index is 2.98. The van der Waals surface area contributed by atoms with Crippen LogP contribution in [0.5, 0.6) is 0 Å². The van der Waals surface area contributed by atoms with Gasteiger partial charge in [0.25, 0.3) is 0 Å². The highest BCUT2D eigenvalue weighted by Gasteiger charge is 2.09. The minimum absolute atomic E-state index is 0.00940. The van der Waals surface area contributed by atoms with Crippen LogP contribution in [0, 0.1) is 11.6 Å². The maximum absolute atomic E-state index is 13.0. The highest BCUT2D eigenvalue weighted by atomic mass is 35.5. The number of carbonyl (C=O) groups excluding carboxylic acids is 1. The molecule has 0 aliphatic carbocycles. The minimum Gasteiger partial charge on any atom is -0.354 e. The molecule has 1 aromatic carbocycles. The van der Waals surface area contributed by atoms with Gasteiger partial charge < -0.3 is 5.32 Å². The summed E-state index contributed by atoms with van der Waals surface area (Å²) in [4.78, 5) is 9.89. The van der Waals surface area contributed by atoms with Gasteiger partial charge in [-0.05, 0) is 12.1 Å². The fraction of sp³-hybridized carbons (Fsp3) is 0.125. The van der Waals surface area contributed by atoms with Crippen LogP contribution in [0.25, 0.3) is 0 Å². The molecule has 0 radical (unpaired) electrons. The summed E-state index contributed by atoms with van der Waals surface area (Å²) in [6.45, 7) is -0.182. The molecular formula is C8H6ClF2NO. The Morgan fingerprint density at radius 2 is 1.92 bits per heavy atom. The van der Waals surface area contributed by atoms with Crippen molar-refractivity contribution >= 4 is 18.0 Å². The molecule has 0 spiro atoms. The van der Waals surface area contributed by atoms with Crippen LogP contribution in [-0.4, -0.2) is 6.41 Å². The molecule has 5 heteroatoms. The zero-order valence-corrected chi connectivity index (χ0v) is 7.24. The Morgan fingerprint density at radius 3 is 2.38 bits per heavy atom. The highest BCUT2D eigenvalue weighted by Crippen LogP contribution is 2.18. The molecule has 2 nitrogen and oxygen atoms in total. The molecule has 0 aliphatic rings. The van der Waals surface area contributed by atoms with Crippen LogP contribution in [0.15, 0.2) is 12.1 Å². The third kappa shape index (κ3) is 2.39. The number of nitrogens with one attached hydrogen (secondary N) is 1. The first-order valence-corrected chi connectivity index (χ1v) is 3.83. The number of hydrogen-bond donors (Lipinski definition) is 1. The summed E-state index contributed by atoms with van der Waals surface area (Å²) in [5.41, 5.74) is -0.198. The average molecular weight is 206 g/mol. The summed E-state index contributed by atoms with van der Waals surface area (Å²) in [5.74, 6) is -1.53. The van der Waals surface area contributed by atoms with Crippen molar-refractivity contribution in [1.82, 2.24) is 5.32 Å². The molecule has 0 unspecified atom stereocenters. The summed E-state index contributed by atoms with van der Waals surface area (Å²) < 4.78 is 25.9. The molecule has 0 atom stereocenters. The molecule has 13 heavy (non-hydrogen) atoms. The molecule has 0 aromatic heterocycles. The highest BCUT2D eigenvalue weighted by molar-refractivity contribution is 6.30. The number of halogens is 3. The molecule has 0 saturated heterocycles. The van der Waals surface area contributed by atoms with E-state index in [2.05, 4.69) is 5.32 Å². The van der Waals surface area contributed by atoms with E-state index < -0.39 is 11.6 Å². The zero-order valence-electron chi connectivity index (χ0n) is 6.48. The Labute approximate surface area is 78.5 Å². The zero-order chi connectivity index (χ0) is 9.84. The van der Waals surface area contributed by atoms with Crippen molar-refractivity contribution in [3.63, 3.8) is 0 Å². The second-order valence-electron chi connectivity index (χ2n) is 2.35. The van der Waals surface area contributed by atoms with Crippen LogP contribution in [0.3, 0.4) is 0 Å². The monoisotopic (exact) mass is 205 g/mol. The van der Waals surface area contributed by atoms with Crippen LogP contribution >= 0.6 is 11.6 Å². The number of amides is 1. The van der Waals surface area contributed by atoms with Crippen LogP contribution in [-0.2, 0) is 11.3 Å². The SMILES string of the molecule is O=CNCc1c(F)cc(Cl)cc1F. The number of benzene rings is 1. The van der Waals surface area contributed by atoms with Crippen LogP contribution in [0.2, 0.25) is 5.02 Å². The number of hydrogen-bond acceptors (Lipinski definition) is 1. The van der Waals surface area contributed by atoms with Gasteiger partial charge in [0, 0.05) is 17.1 Å². The van der Waals surface area contributed by atoms with E-state index in [1.165, 1.54) is 0 Å². The molecular weight excluding hydrogens is 200 g/mol. The van der Waals surface area contributed by atoms with E-state index in [-0.39, 0.29) is 17.1 Å². The first-order valence-electron chi connectivity index (χ1n) is 3.45. The molecule has 0 aliphatic heterocycles. The maximum Gasteiger partial charge on any atom is 0.207 e. The van der Waals surface area contributed by atoms with Crippen molar-refractivity contribution in [2.75, 3.05) is 0 Å². The van der Waals surface area contributed by atoms with E-state index in [0.717, 1.165) is 12.1 Å². The van der Waals surface area contributed by atoms with Crippen LogP contribution < -0.4 is 5.32 Å². The van der Waals surface area contributed by atoms with E-state index in [1.807, 2.05) is 0 Å². The topological polar surface area (TPSA) is 29.1 Å². The summed E-state index contributed by atoms with van der Waals surface area (Å²) in [6.07, 6.45) is 0.369. The van der Waals surface area contributed by atoms with Crippen molar-refractivity contribution in [3.8, 4) is 0 Å².